The maximum Gasteiger partial charge on any atom is 0.159 e. The molecule has 6 nitrogen and oxygen atoms in total. The van der Waals surface area contributed by atoms with Crippen molar-refractivity contribution >= 4 is 16.6 Å². The molecule has 102 valence electrons. The molecule has 0 amide bonds. The first-order valence-electron chi connectivity index (χ1n) is 6.75. The second-order valence-corrected chi connectivity index (χ2v) is 5.14. The number of benzene rings is 1. The van der Waals surface area contributed by atoms with Crippen LogP contribution in [-0.4, -0.2) is 33.1 Å². The third-order valence-corrected chi connectivity index (χ3v) is 3.82. The Balaban J connectivity index is 1.58. The summed E-state index contributed by atoms with van der Waals surface area (Å²) in [4.78, 5) is 2.19. The average Bonchev–Trinajstić information content (AvgIpc) is 2.95. The SMILES string of the molecule is N#Cc1cnn(C2CN(c3nncc4ccccc34)C2)c1. The largest absolute Gasteiger partial charge is 0.350 e. The highest BCUT2D eigenvalue weighted by Crippen LogP contribution is 2.30. The van der Waals surface area contributed by atoms with Gasteiger partial charge in [-0.1, -0.05) is 24.3 Å². The van der Waals surface area contributed by atoms with Gasteiger partial charge >= 0.3 is 0 Å². The summed E-state index contributed by atoms with van der Waals surface area (Å²) in [7, 11) is 0. The van der Waals surface area contributed by atoms with Crippen molar-refractivity contribution in [2.24, 2.45) is 0 Å². The average molecular weight is 276 g/mol. The maximum absolute atomic E-state index is 8.84. The molecule has 1 saturated heterocycles. The molecule has 0 unspecified atom stereocenters. The van der Waals surface area contributed by atoms with Crippen LogP contribution >= 0.6 is 0 Å². The van der Waals surface area contributed by atoms with E-state index in [0.717, 1.165) is 29.7 Å². The predicted octanol–water partition coefficient (Wildman–Crippen LogP) is 1.76. The highest BCUT2D eigenvalue weighted by Gasteiger charge is 2.31. The fraction of sp³-hybridized carbons (Fsp3) is 0.200. The van der Waals surface area contributed by atoms with Gasteiger partial charge in [0.2, 0.25) is 0 Å². The molecule has 1 aliphatic heterocycles. The van der Waals surface area contributed by atoms with Gasteiger partial charge in [-0.05, 0) is 0 Å². The number of nitrogens with zero attached hydrogens (tertiary/aromatic N) is 6. The Morgan fingerprint density at radius 2 is 2.05 bits per heavy atom. The van der Waals surface area contributed by atoms with E-state index in [9.17, 15) is 0 Å². The minimum atomic E-state index is 0.285. The Kier molecular flexibility index (Phi) is 2.57. The van der Waals surface area contributed by atoms with Gasteiger partial charge in [-0.2, -0.15) is 15.5 Å². The molecule has 0 saturated carbocycles. The molecule has 21 heavy (non-hydrogen) atoms. The summed E-state index contributed by atoms with van der Waals surface area (Å²) >= 11 is 0. The Hall–Kier alpha value is -2.94. The summed E-state index contributed by atoms with van der Waals surface area (Å²) in [6, 6.07) is 10.5. The van der Waals surface area contributed by atoms with Gasteiger partial charge in [0.1, 0.15) is 6.07 Å². The normalized spacial score (nSPS) is 14.9. The summed E-state index contributed by atoms with van der Waals surface area (Å²) in [6.45, 7) is 1.66. The summed E-state index contributed by atoms with van der Waals surface area (Å²) in [5.74, 6) is 0.914. The van der Waals surface area contributed by atoms with Gasteiger partial charge < -0.3 is 4.90 Å². The molecule has 0 radical (unpaired) electrons. The van der Waals surface area contributed by atoms with E-state index in [0.29, 0.717) is 5.56 Å². The topological polar surface area (TPSA) is 70.6 Å². The number of rotatable bonds is 2. The molecule has 0 atom stereocenters. The van der Waals surface area contributed by atoms with Gasteiger partial charge in [0.15, 0.2) is 5.82 Å². The Bertz CT molecular complexity index is 835. The highest BCUT2D eigenvalue weighted by atomic mass is 15.4. The lowest BCUT2D eigenvalue weighted by molar-refractivity contribution is 0.366. The first-order chi connectivity index (χ1) is 10.3. The van der Waals surface area contributed by atoms with Crippen molar-refractivity contribution in [1.82, 2.24) is 20.0 Å². The first kappa shape index (κ1) is 11.9. The molecular weight excluding hydrogens is 264 g/mol. The van der Waals surface area contributed by atoms with Crippen LogP contribution in [0.1, 0.15) is 11.6 Å². The monoisotopic (exact) mass is 276 g/mol. The zero-order valence-electron chi connectivity index (χ0n) is 11.2. The summed E-state index contributed by atoms with van der Waals surface area (Å²) in [6.07, 6.45) is 5.17. The Morgan fingerprint density at radius 1 is 1.19 bits per heavy atom. The molecule has 1 fully saturated rings. The van der Waals surface area contributed by atoms with Crippen LogP contribution in [0.4, 0.5) is 5.82 Å². The van der Waals surface area contributed by atoms with Crippen molar-refractivity contribution in [3.05, 3.63) is 48.4 Å². The maximum atomic E-state index is 8.84. The lowest BCUT2D eigenvalue weighted by Gasteiger charge is -2.40. The van der Waals surface area contributed by atoms with E-state index >= 15 is 0 Å². The molecule has 1 aliphatic rings. The van der Waals surface area contributed by atoms with E-state index in [-0.39, 0.29) is 6.04 Å². The molecule has 1 aromatic carbocycles. The lowest BCUT2D eigenvalue weighted by Crippen LogP contribution is -2.48. The summed E-state index contributed by atoms with van der Waals surface area (Å²) in [5.41, 5.74) is 0.596. The van der Waals surface area contributed by atoms with Crippen molar-refractivity contribution in [3.8, 4) is 6.07 Å². The summed E-state index contributed by atoms with van der Waals surface area (Å²) in [5, 5.41) is 23.6. The van der Waals surface area contributed by atoms with Crippen molar-refractivity contribution in [2.45, 2.75) is 6.04 Å². The third-order valence-electron chi connectivity index (χ3n) is 3.82. The van der Waals surface area contributed by atoms with Crippen LogP contribution in [0.15, 0.2) is 42.9 Å². The van der Waals surface area contributed by atoms with Crippen molar-refractivity contribution in [1.29, 1.82) is 5.26 Å². The number of hydrogen-bond acceptors (Lipinski definition) is 5. The van der Waals surface area contributed by atoms with Gasteiger partial charge in [0.25, 0.3) is 0 Å². The molecule has 0 N–H and O–H groups in total. The lowest BCUT2D eigenvalue weighted by atomic mass is 10.1. The van der Waals surface area contributed by atoms with Crippen LogP contribution in [0.25, 0.3) is 10.8 Å². The van der Waals surface area contributed by atoms with Gasteiger partial charge in [-0.25, -0.2) is 0 Å². The zero-order valence-corrected chi connectivity index (χ0v) is 11.2. The predicted molar refractivity (Wildman–Crippen MR) is 77.7 cm³/mol. The molecule has 6 heteroatoms. The third kappa shape index (κ3) is 1.91. The highest BCUT2D eigenvalue weighted by molar-refractivity contribution is 5.91. The van der Waals surface area contributed by atoms with E-state index in [2.05, 4.69) is 32.3 Å². The van der Waals surface area contributed by atoms with E-state index in [1.807, 2.05) is 22.9 Å². The number of nitriles is 1. The Morgan fingerprint density at radius 3 is 2.86 bits per heavy atom. The van der Waals surface area contributed by atoms with Crippen molar-refractivity contribution in [3.63, 3.8) is 0 Å². The van der Waals surface area contributed by atoms with Gasteiger partial charge in [0.05, 0.1) is 24.0 Å². The Labute approximate surface area is 121 Å². The molecular formula is C15H12N6. The van der Waals surface area contributed by atoms with Crippen LogP contribution in [0.2, 0.25) is 0 Å². The van der Waals surface area contributed by atoms with E-state index in [4.69, 9.17) is 5.26 Å². The first-order valence-corrected chi connectivity index (χ1v) is 6.75. The van der Waals surface area contributed by atoms with Crippen molar-refractivity contribution < 1.29 is 0 Å². The summed E-state index contributed by atoms with van der Waals surface area (Å²) < 4.78 is 1.85. The number of hydrogen-bond donors (Lipinski definition) is 0. The smallest absolute Gasteiger partial charge is 0.159 e. The van der Waals surface area contributed by atoms with Gasteiger partial charge in [-0.3, -0.25) is 4.68 Å². The van der Waals surface area contributed by atoms with E-state index in [1.165, 1.54) is 0 Å². The van der Waals surface area contributed by atoms with Crippen LogP contribution in [0, 0.1) is 11.3 Å². The molecule has 0 aliphatic carbocycles. The fourth-order valence-corrected chi connectivity index (χ4v) is 2.64. The van der Waals surface area contributed by atoms with Gasteiger partial charge in [0, 0.05) is 30.1 Å². The molecule has 0 spiro atoms. The standard InChI is InChI=1S/C15H12N6/c16-5-11-6-18-21(8-11)13-9-20(10-13)15-14-4-2-1-3-12(14)7-17-19-15/h1-4,6-8,13H,9-10H2. The van der Waals surface area contributed by atoms with Crippen molar-refractivity contribution in [2.75, 3.05) is 18.0 Å². The molecule has 2 aromatic heterocycles. The molecule has 3 heterocycles. The van der Waals surface area contributed by atoms with Gasteiger partial charge in [-0.15, -0.1) is 5.10 Å². The minimum absolute atomic E-state index is 0.285. The van der Waals surface area contributed by atoms with Crippen LogP contribution in [0.3, 0.4) is 0 Å². The molecule has 0 bridgehead atoms. The van der Waals surface area contributed by atoms with Crippen LogP contribution in [0.5, 0.6) is 0 Å². The number of fused-ring (bicyclic) bond motifs is 1. The fourth-order valence-electron chi connectivity index (χ4n) is 2.64. The zero-order chi connectivity index (χ0) is 14.2. The van der Waals surface area contributed by atoms with Crippen LogP contribution < -0.4 is 4.90 Å². The van der Waals surface area contributed by atoms with E-state index in [1.54, 1.807) is 18.6 Å². The van der Waals surface area contributed by atoms with E-state index < -0.39 is 0 Å². The minimum Gasteiger partial charge on any atom is -0.350 e. The quantitative estimate of drug-likeness (QED) is 0.713. The number of aromatic nitrogens is 4. The second-order valence-electron chi connectivity index (χ2n) is 5.14. The number of anilines is 1. The molecule has 4 rings (SSSR count). The second kappa shape index (κ2) is 4.56. The molecule has 3 aromatic rings. The van der Waals surface area contributed by atoms with Crippen LogP contribution in [-0.2, 0) is 0 Å².